The van der Waals surface area contributed by atoms with E-state index in [-0.39, 0.29) is 12.1 Å². The number of hydrogen-bond acceptors (Lipinski definition) is 2. The Morgan fingerprint density at radius 3 is 0.905 bits per heavy atom. The molecule has 42 heavy (non-hydrogen) atoms. The molecule has 4 aromatic carbocycles. The van der Waals surface area contributed by atoms with Gasteiger partial charge in [0.1, 0.15) is 0 Å². The summed E-state index contributed by atoms with van der Waals surface area (Å²) < 4.78 is 2.16. The van der Waals surface area contributed by atoms with Crippen LogP contribution in [0, 0.1) is 0 Å². The van der Waals surface area contributed by atoms with Crippen LogP contribution in [0.5, 0.6) is 0 Å². The van der Waals surface area contributed by atoms with E-state index in [2.05, 4.69) is 183 Å². The van der Waals surface area contributed by atoms with Crippen LogP contribution in [0.4, 0.5) is 11.4 Å². The van der Waals surface area contributed by atoms with E-state index in [9.17, 15) is 0 Å². The van der Waals surface area contributed by atoms with Crippen LogP contribution in [0.25, 0.3) is 0 Å². The lowest BCUT2D eigenvalue weighted by Crippen LogP contribution is -2.28. The van der Waals surface area contributed by atoms with Crippen LogP contribution in [0.1, 0.15) is 125 Å². The maximum Gasteiger partial charge on any atom is 0.0757 e. The van der Waals surface area contributed by atoms with Gasteiger partial charge in [-0.2, -0.15) is 0 Å². The minimum atomic E-state index is -0.0445. The lowest BCUT2D eigenvalue weighted by atomic mass is 9.87. The predicted octanol–water partition coefficient (Wildman–Crippen LogP) is 12.7. The van der Waals surface area contributed by atoms with Gasteiger partial charge in [-0.1, -0.05) is 148 Å². The van der Waals surface area contributed by atoms with E-state index in [0.29, 0.717) is 23.7 Å². The van der Waals surface area contributed by atoms with Crippen LogP contribution >= 0.6 is 31.9 Å². The Morgan fingerprint density at radius 1 is 0.405 bits per heavy atom. The van der Waals surface area contributed by atoms with Gasteiger partial charge < -0.3 is 10.6 Å². The molecule has 0 radical (unpaired) electrons. The van der Waals surface area contributed by atoms with Crippen LogP contribution in [0.3, 0.4) is 0 Å². The molecule has 0 heterocycles. The van der Waals surface area contributed by atoms with Gasteiger partial charge >= 0.3 is 0 Å². The molecule has 0 aliphatic carbocycles. The topological polar surface area (TPSA) is 24.1 Å². The van der Waals surface area contributed by atoms with Gasteiger partial charge in [0.15, 0.2) is 0 Å². The first-order valence-electron chi connectivity index (χ1n) is 15.3. The lowest BCUT2D eigenvalue weighted by molar-refractivity contribution is 0.641. The molecule has 0 saturated heterocycles. The van der Waals surface area contributed by atoms with Crippen molar-refractivity contribution >= 4 is 43.2 Å². The summed E-state index contributed by atoms with van der Waals surface area (Å²) in [6.45, 7) is 18.3. The SMILES string of the molecule is CC(C)c1cccc(C(C)C)c1N[C@H](c1ccc(Br)cc1)[C@@H](Nc1c(C(C)C)cccc1C(C)C)c1ccc(Br)cc1. The van der Waals surface area contributed by atoms with Gasteiger partial charge in [0.05, 0.1) is 12.1 Å². The van der Waals surface area contributed by atoms with Gasteiger partial charge in [-0.25, -0.2) is 0 Å². The van der Waals surface area contributed by atoms with Crippen molar-refractivity contribution in [3.8, 4) is 0 Å². The molecule has 4 aromatic rings. The van der Waals surface area contributed by atoms with Crippen molar-refractivity contribution in [1.82, 2.24) is 0 Å². The number of halogens is 2. The van der Waals surface area contributed by atoms with Crippen molar-refractivity contribution in [1.29, 1.82) is 0 Å². The van der Waals surface area contributed by atoms with E-state index in [1.54, 1.807) is 0 Å². The second-order valence-electron chi connectivity index (χ2n) is 12.6. The second-order valence-corrected chi connectivity index (χ2v) is 14.4. The van der Waals surface area contributed by atoms with E-state index in [1.807, 2.05) is 0 Å². The standard InChI is InChI=1S/C38H46Br2N2/c1-23(2)31-11-9-12-32(24(3)4)37(31)41-35(27-15-19-29(39)20-16-27)36(28-17-21-30(40)22-18-28)42-38-33(25(5)6)13-10-14-34(38)26(7)8/h9-26,35-36,41-42H,1-8H3/t35-,36+. The average Bonchev–Trinajstić information content (AvgIpc) is 2.95. The predicted molar refractivity (Wildman–Crippen MR) is 190 cm³/mol. The van der Waals surface area contributed by atoms with Crippen LogP contribution in [0.15, 0.2) is 93.9 Å². The molecule has 4 rings (SSSR count). The van der Waals surface area contributed by atoms with Crippen LogP contribution < -0.4 is 10.6 Å². The summed E-state index contributed by atoms with van der Waals surface area (Å²) in [5.74, 6) is 1.57. The minimum Gasteiger partial charge on any atom is -0.375 e. The second kappa shape index (κ2) is 14.3. The first kappa shape index (κ1) is 32.4. The third-order valence-electron chi connectivity index (χ3n) is 8.14. The number of nitrogens with one attached hydrogen (secondary N) is 2. The molecule has 0 aliphatic heterocycles. The highest BCUT2D eigenvalue weighted by Crippen LogP contribution is 2.43. The van der Waals surface area contributed by atoms with Gasteiger partial charge in [-0.15, -0.1) is 0 Å². The number of benzene rings is 4. The Labute approximate surface area is 271 Å². The van der Waals surface area contributed by atoms with Crippen LogP contribution in [-0.2, 0) is 0 Å². The maximum absolute atomic E-state index is 4.16. The molecule has 4 heteroatoms. The monoisotopic (exact) mass is 688 g/mol. The highest BCUT2D eigenvalue weighted by Gasteiger charge is 2.29. The van der Waals surface area contributed by atoms with Crippen molar-refractivity contribution in [2.45, 2.75) is 91.1 Å². The molecule has 0 spiro atoms. The fourth-order valence-electron chi connectivity index (χ4n) is 5.80. The van der Waals surface area contributed by atoms with Gasteiger partial charge in [0.2, 0.25) is 0 Å². The first-order valence-corrected chi connectivity index (χ1v) is 16.9. The lowest BCUT2D eigenvalue weighted by Gasteiger charge is -2.35. The summed E-state index contributed by atoms with van der Waals surface area (Å²) >= 11 is 7.35. The van der Waals surface area contributed by atoms with E-state index in [4.69, 9.17) is 0 Å². The van der Waals surface area contributed by atoms with Gasteiger partial charge in [-0.3, -0.25) is 0 Å². The van der Waals surface area contributed by atoms with Gasteiger partial charge in [0.25, 0.3) is 0 Å². The Morgan fingerprint density at radius 2 is 0.667 bits per heavy atom. The maximum atomic E-state index is 4.16. The van der Waals surface area contributed by atoms with Gasteiger partial charge in [0, 0.05) is 20.3 Å². The number of para-hydroxylation sites is 2. The fourth-order valence-corrected chi connectivity index (χ4v) is 6.33. The first-order chi connectivity index (χ1) is 20.0. The summed E-state index contributed by atoms with van der Waals surface area (Å²) in [5.41, 5.74) is 10.4. The number of rotatable bonds is 11. The molecule has 0 bridgehead atoms. The highest BCUT2D eigenvalue weighted by molar-refractivity contribution is 9.10. The zero-order valence-corrected chi connectivity index (χ0v) is 29.5. The summed E-state index contributed by atoms with van der Waals surface area (Å²) in [7, 11) is 0. The Kier molecular flexibility index (Phi) is 11.0. The van der Waals surface area contributed by atoms with Crippen LogP contribution in [0.2, 0.25) is 0 Å². The largest absolute Gasteiger partial charge is 0.375 e. The van der Waals surface area contributed by atoms with Crippen molar-refractivity contribution in [2.24, 2.45) is 0 Å². The molecule has 0 aliphatic rings. The zero-order valence-electron chi connectivity index (χ0n) is 26.3. The molecular weight excluding hydrogens is 644 g/mol. The zero-order chi connectivity index (χ0) is 30.6. The van der Waals surface area contributed by atoms with E-state index in [0.717, 1.165) is 8.95 Å². The third-order valence-corrected chi connectivity index (χ3v) is 9.19. The average molecular weight is 691 g/mol. The van der Waals surface area contributed by atoms with Crippen LogP contribution in [-0.4, -0.2) is 0 Å². The number of anilines is 2. The molecule has 222 valence electrons. The smallest absolute Gasteiger partial charge is 0.0757 e. The molecule has 0 fully saturated rings. The molecule has 2 atom stereocenters. The minimum absolute atomic E-state index is 0.0445. The van der Waals surface area contributed by atoms with Crippen molar-refractivity contribution in [3.05, 3.63) is 127 Å². The summed E-state index contributed by atoms with van der Waals surface area (Å²) in [6.07, 6.45) is 0. The van der Waals surface area contributed by atoms with E-state index < -0.39 is 0 Å². The number of hydrogen-bond donors (Lipinski definition) is 2. The van der Waals surface area contributed by atoms with E-state index >= 15 is 0 Å². The fraction of sp³-hybridized carbons (Fsp3) is 0.368. The molecule has 2 N–H and O–H groups in total. The van der Waals surface area contributed by atoms with Gasteiger partial charge in [-0.05, 0) is 81.3 Å². The Hall–Kier alpha value is -2.56. The quantitative estimate of drug-likeness (QED) is 0.164. The molecule has 0 saturated carbocycles. The summed E-state index contributed by atoms with van der Waals surface area (Å²) in [4.78, 5) is 0. The molecule has 0 unspecified atom stereocenters. The van der Waals surface area contributed by atoms with Crippen molar-refractivity contribution in [3.63, 3.8) is 0 Å². The van der Waals surface area contributed by atoms with Crippen molar-refractivity contribution in [2.75, 3.05) is 10.6 Å². The molecule has 0 amide bonds. The normalized spacial score (nSPS) is 13.2. The van der Waals surface area contributed by atoms with E-state index in [1.165, 1.54) is 44.8 Å². The van der Waals surface area contributed by atoms with Crippen molar-refractivity contribution < 1.29 is 0 Å². The Bertz CT molecular complexity index is 1290. The summed E-state index contributed by atoms with van der Waals surface area (Å²) in [5, 5.41) is 8.31. The molecule has 2 nitrogen and oxygen atoms in total. The summed E-state index contributed by atoms with van der Waals surface area (Å²) in [6, 6.07) is 31.1. The molecular formula is C38H46Br2N2. The highest BCUT2D eigenvalue weighted by atomic mass is 79.9. The molecule has 0 aromatic heterocycles. The third kappa shape index (κ3) is 7.50. The Balaban J connectivity index is 1.98.